The first-order valence-electron chi connectivity index (χ1n) is 6.06. The van der Waals surface area contributed by atoms with Gasteiger partial charge in [-0.1, -0.05) is 6.07 Å². The summed E-state index contributed by atoms with van der Waals surface area (Å²) < 4.78 is 17.9. The minimum Gasteiger partial charge on any atom is -0.465 e. The summed E-state index contributed by atoms with van der Waals surface area (Å²) in [5.74, 6) is -1.67. The topological polar surface area (TPSA) is 81.4 Å². The Morgan fingerprint density at radius 2 is 1.90 bits per heavy atom. The molecule has 0 spiro atoms. The molecule has 0 bridgehead atoms. The Bertz CT molecular complexity index is 701. The molecule has 108 valence electrons. The lowest BCUT2D eigenvalue weighted by Crippen LogP contribution is -2.13. The SMILES string of the molecule is COC(=O)c1cccc(NC(=O)c2ccc(N)c(F)c2)c1. The van der Waals surface area contributed by atoms with Crippen molar-refractivity contribution in [2.24, 2.45) is 0 Å². The smallest absolute Gasteiger partial charge is 0.337 e. The van der Waals surface area contributed by atoms with Crippen LogP contribution < -0.4 is 11.1 Å². The van der Waals surface area contributed by atoms with Gasteiger partial charge in [0.25, 0.3) is 5.91 Å². The Morgan fingerprint density at radius 1 is 1.14 bits per heavy atom. The van der Waals surface area contributed by atoms with Gasteiger partial charge >= 0.3 is 5.97 Å². The standard InChI is InChI=1S/C15H13FN2O3/c1-21-15(20)10-3-2-4-11(7-10)18-14(19)9-5-6-13(17)12(16)8-9/h2-8H,17H2,1H3,(H,18,19). The number of nitrogen functional groups attached to an aromatic ring is 1. The Balaban J connectivity index is 2.19. The number of ether oxygens (including phenoxy) is 1. The van der Waals surface area contributed by atoms with E-state index >= 15 is 0 Å². The fraction of sp³-hybridized carbons (Fsp3) is 0.0667. The molecule has 0 unspecified atom stereocenters. The van der Waals surface area contributed by atoms with Gasteiger partial charge in [0.15, 0.2) is 0 Å². The van der Waals surface area contributed by atoms with Crippen LogP contribution in [0.4, 0.5) is 15.8 Å². The zero-order valence-corrected chi connectivity index (χ0v) is 11.2. The third-order valence-electron chi connectivity index (χ3n) is 2.80. The van der Waals surface area contributed by atoms with Gasteiger partial charge < -0.3 is 15.8 Å². The Morgan fingerprint density at radius 3 is 2.57 bits per heavy atom. The van der Waals surface area contributed by atoms with Gasteiger partial charge in [-0.15, -0.1) is 0 Å². The van der Waals surface area contributed by atoms with Crippen LogP contribution in [0.3, 0.4) is 0 Å². The van der Waals surface area contributed by atoms with Crippen LogP contribution in [0.15, 0.2) is 42.5 Å². The zero-order chi connectivity index (χ0) is 15.4. The van der Waals surface area contributed by atoms with Crippen LogP contribution in [0.25, 0.3) is 0 Å². The van der Waals surface area contributed by atoms with Gasteiger partial charge in [0.2, 0.25) is 0 Å². The molecule has 2 aromatic carbocycles. The molecule has 21 heavy (non-hydrogen) atoms. The largest absolute Gasteiger partial charge is 0.465 e. The number of nitrogens with two attached hydrogens (primary N) is 1. The number of hydrogen-bond donors (Lipinski definition) is 2. The first-order chi connectivity index (χ1) is 10.0. The van der Waals surface area contributed by atoms with Gasteiger partial charge in [0.05, 0.1) is 18.4 Å². The van der Waals surface area contributed by atoms with E-state index in [0.29, 0.717) is 11.3 Å². The number of hydrogen-bond acceptors (Lipinski definition) is 4. The Kier molecular flexibility index (Phi) is 4.18. The molecule has 6 heteroatoms. The lowest BCUT2D eigenvalue weighted by Gasteiger charge is -2.07. The highest BCUT2D eigenvalue weighted by atomic mass is 19.1. The number of esters is 1. The summed E-state index contributed by atoms with van der Waals surface area (Å²) in [7, 11) is 1.27. The highest BCUT2D eigenvalue weighted by Crippen LogP contribution is 2.15. The summed E-state index contributed by atoms with van der Waals surface area (Å²) in [5, 5.41) is 2.57. The average Bonchev–Trinajstić information content (AvgIpc) is 2.49. The van der Waals surface area contributed by atoms with E-state index in [2.05, 4.69) is 10.1 Å². The van der Waals surface area contributed by atoms with Crippen molar-refractivity contribution in [3.8, 4) is 0 Å². The fourth-order valence-electron chi connectivity index (χ4n) is 1.71. The quantitative estimate of drug-likeness (QED) is 0.671. The summed E-state index contributed by atoms with van der Waals surface area (Å²) in [5.41, 5.74) is 6.16. The van der Waals surface area contributed by atoms with E-state index in [1.54, 1.807) is 18.2 Å². The van der Waals surface area contributed by atoms with Gasteiger partial charge in [-0.3, -0.25) is 4.79 Å². The maximum absolute atomic E-state index is 13.3. The summed E-state index contributed by atoms with van der Waals surface area (Å²) >= 11 is 0. The van der Waals surface area contributed by atoms with Crippen LogP contribution in [0.1, 0.15) is 20.7 Å². The number of carbonyl (C=O) groups excluding carboxylic acids is 2. The molecule has 5 nitrogen and oxygen atoms in total. The van der Waals surface area contributed by atoms with E-state index in [-0.39, 0.29) is 11.3 Å². The maximum atomic E-state index is 13.3. The molecular weight excluding hydrogens is 275 g/mol. The van der Waals surface area contributed by atoms with Crippen LogP contribution in [0, 0.1) is 5.82 Å². The number of carbonyl (C=O) groups is 2. The normalized spacial score (nSPS) is 10.0. The van der Waals surface area contributed by atoms with Crippen molar-refractivity contribution < 1.29 is 18.7 Å². The molecule has 0 atom stereocenters. The second-order valence-corrected chi connectivity index (χ2v) is 4.26. The molecular formula is C15H13FN2O3. The van der Waals surface area contributed by atoms with Crippen molar-refractivity contribution in [1.82, 2.24) is 0 Å². The molecule has 1 amide bonds. The van der Waals surface area contributed by atoms with E-state index < -0.39 is 17.7 Å². The fourth-order valence-corrected chi connectivity index (χ4v) is 1.71. The van der Waals surface area contributed by atoms with E-state index in [0.717, 1.165) is 6.07 Å². The van der Waals surface area contributed by atoms with Crippen LogP contribution in [-0.4, -0.2) is 19.0 Å². The molecule has 0 aromatic heterocycles. The van der Waals surface area contributed by atoms with Gasteiger partial charge in [0, 0.05) is 11.3 Å². The first-order valence-corrected chi connectivity index (χ1v) is 6.06. The zero-order valence-electron chi connectivity index (χ0n) is 11.2. The molecule has 0 radical (unpaired) electrons. The third kappa shape index (κ3) is 3.36. The number of methoxy groups -OCH3 is 1. The molecule has 0 aliphatic heterocycles. The van der Waals surface area contributed by atoms with Crippen molar-refractivity contribution in [1.29, 1.82) is 0 Å². The molecule has 0 saturated heterocycles. The lowest BCUT2D eigenvalue weighted by molar-refractivity contribution is 0.0600. The monoisotopic (exact) mass is 288 g/mol. The van der Waals surface area contributed by atoms with Gasteiger partial charge in [-0.05, 0) is 36.4 Å². The van der Waals surface area contributed by atoms with E-state index in [9.17, 15) is 14.0 Å². The third-order valence-corrected chi connectivity index (χ3v) is 2.80. The van der Waals surface area contributed by atoms with Crippen molar-refractivity contribution in [2.75, 3.05) is 18.2 Å². The van der Waals surface area contributed by atoms with Gasteiger partial charge in [0.1, 0.15) is 5.82 Å². The van der Waals surface area contributed by atoms with Crippen LogP contribution in [-0.2, 0) is 4.74 Å². The van der Waals surface area contributed by atoms with Crippen LogP contribution in [0.2, 0.25) is 0 Å². The number of benzene rings is 2. The number of amides is 1. The summed E-state index contributed by atoms with van der Waals surface area (Å²) in [6.07, 6.45) is 0. The summed E-state index contributed by atoms with van der Waals surface area (Å²) in [6, 6.07) is 10.0. The number of anilines is 2. The minimum absolute atomic E-state index is 0.0285. The maximum Gasteiger partial charge on any atom is 0.337 e. The predicted octanol–water partition coefficient (Wildman–Crippen LogP) is 2.45. The van der Waals surface area contributed by atoms with Crippen LogP contribution >= 0.6 is 0 Å². The van der Waals surface area contributed by atoms with Crippen molar-refractivity contribution >= 4 is 23.3 Å². The molecule has 3 N–H and O–H groups in total. The van der Waals surface area contributed by atoms with Crippen molar-refractivity contribution in [2.45, 2.75) is 0 Å². The highest BCUT2D eigenvalue weighted by Gasteiger charge is 2.11. The molecule has 0 aliphatic rings. The molecule has 0 fully saturated rings. The van der Waals surface area contributed by atoms with E-state index in [1.165, 1.54) is 25.3 Å². The molecule has 0 heterocycles. The molecule has 2 aromatic rings. The second-order valence-electron chi connectivity index (χ2n) is 4.26. The molecule has 0 aliphatic carbocycles. The molecule has 0 saturated carbocycles. The summed E-state index contributed by atoms with van der Waals surface area (Å²) in [4.78, 5) is 23.4. The highest BCUT2D eigenvalue weighted by molar-refractivity contribution is 6.05. The average molecular weight is 288 g/mol. The minimum atomic E-state index is -0.661. The van der Waals surface area contributed by atoms with Gasteiger partial charge in [-0.25, -0.2) is 9.18 Å². The van der Waals surface area contributed by atoms with E-state index in [4.69, 9.17) is 5.73 Å². The number of nitrogens with one attached hydrogen (secondary N) is 1. The van der Waals surface area contributed by atoms with E-state index in [1.807, 2.05) is 0 Å². The predicted molar refractivity (Wildman–Crippen MR) is 76.5 cm³/mol. The second kappa shape index (κ2) is 6.04. The lowest BCUT2D eigenvalue weighted by atomic mass is 10.1. The number of rotatable bonds is 3. The number of halogens is 1. The van der Waals surface area contributed by atoms with Crippen molar-refractivity contribution in [3.63, 3.8) is 0 Å². The summed E-state index contributed by atoms with van der Waals surface area (Å²) in [6.45, 7) is 0. The first kappa shape index (κ1) is 14.5. The molecule has 2 rings (SSSR count). The Labute approximate surface area is 120 Å². The van der Waals surface area contributed by atoms with Crippen molar-refractivity contribution in [3.05, 3.63) is 59.4 Å². The Hall–Kier alpha value is -2.89. The van der Waals surface area contributed by atoms with Gasteiger partial charge in [-0.2, -0.15) is 0 Å². The van der Waals surface area contributed by atoms with Crippen LogP contribution in [0.5, 0.6) is 0 Å².